The maximum atomic E-state index is 12.6. The van der Waals surface area contributed by atoms with E-state index >= 15 is 0 Å². The third-order valence-corrected chi connectivity index (χ3v) is 6.67. The summed E-state index contributed by atoms with van der Waals surface area (Å²) in [5.41, 5.74) is 6.41. The van der Waals surface area contributed by atoms with Crippen LogP contribution in [-0.2, 0) is 0 Å². The summed E-state index contributed by atoms with van der Waals surface area (Å²) in [6.07, 6.45) is 4.16. The van der Waals surface area contributed by atoms with Gasteiger partial charge in [0.15, 0.2) is 0 Å². The number of aryl methyl sites for hydroxylation is 1. The highest BCUT2D eigenvalue weighted by atomic mass is 35.5. The lowest BCUT2D eigenvalue weighted by atomic mass is 9.98. The van der Waals surface area contributed by atoms with Gasteiger partial charge in [0, 0.05) is 6.54 Å². The smallest absolute Gasteiger partial charge is 0.263 e. The van der Waals surface area contributed by atoms with Gasteiger partial charge in [0.05, 0.1) is 20.4 Å². The normalized spacial score (nSPS) is 16.9. The van der Waals surface area contributed by atoms with Gasteiger partial charge in [-0.1, -0.05) is 24.4 Å². The summed E-state index contributed by atoms with van der Waals surface area (Å²) in [5, 5.41) is 3.99. The lowest BCUT2D eigenvalue weighted by Crippen LogP contribution is -2.51. The average Bonchev–Trinajstić information content (AvgIpc) is 3.19. The molecule has 3 rings (SSSR count). The zero-order valence-corrected chi connectivity index (χ0v) is 14.7. The summed E-state index contributed by atoms with van der Waals surface area (Å²) in [6, 6.07) is 3.78. The van der Waals surface area contributed by atoms with Gasteiger partial charge in [0.2, 0.25) is 0 Å². The number of nitrogens with two attached hydrogens (primary N) is 1. The van der Waals surface area contributed by atoms with Gasteiger partial charge in [0.1, 0.15) is 9.88 Å². The first kappa shape index (κ1) is 15.9. The van der Waals surface area contributed by atoms with Gasteiger partial charge in [-0.15, -0.1) is 22.7 Å². The van der Waals surface area contributed by atoms with Crippen LogP contribution in [0.1, 0.15) is 41.0 Å². The first-order chi connectivity index (χ1) is 10.5. The van der Waals surface area contributed by atoms with Gasteiger partial charge in [-0.25, -0.2) is 4.98 Å². The molecule has 118 valence electrons. The molecule has 1 aliphatic carbocycles. The monoisotopic (exact) mass is 355 g/mol. The van der Waals surface area contributed by atoms with Crippen molar-refractivity contribution in [3.05, 3.63) is 27.0 Å². The SMILES string of the molecule is Cc1nc(-c2ccc(Cl)s2)sc1C(=O)NC1(CN)CCCC1. The van der Waals surface area contributed by atoms with Gasteiger partial charge in [-0.2, -0.15) is 0 Å². The molecule has 0 saturated heterocycles. The number of hydrogen-bond acceptors (Lipinski definition) is 5. The van der Waals surface area contributed by atoms with Gasteiger partial charge >= 0.3 is 0 Å². The topological polar surface area (TPSA) is 68.0 Å². The van der Waals surface area contributed by atoms with Crippen molar-refractivity contribution in [1.29, 1.82) is 0 Å². The molecule has 3 N–H and O–H groups in total. The second-order valence-corrected chi connectivity index (χ2v) is 8.40. The molecule has 0 unspecified atom stereocenters. The molecule has 2 aromatic heterocycles. The molecule has 0 aliphatic heterocycles. The molecule has 0 atom stereocenters. The molecule has 0 spiro atoms. The predicted molar refractivity (Wildman–Crippen MR) is 92.9 cm³/mol. The fraction of sp³-hybridized carbons (Fsp3) is 0.467. The van der Waals surface area contributed by atoms with Gasteiger partial charge in [-0.05, 0) is 31.9 Å². The number of nitrogens with one attached hydrogen (secondary N) is 1. The van der Waals surface area contributed by atoms with Crippen LogP contribution in [0.2, 0.25) is 4.34 Å². The third-order valence-electron chi connectivity index (χ3n) is 4.12. The van der Waals surface area contributed by atoms with Crippen molar-refractivity contribution in [2.24, 2.45) is 5.73 Å². The van der Waals surface area contributed by atoms with Gasteiger partial charge in [-0.3, -0.25) is 4.79 Å². The number of rotatable bonds is 4. The molecule has 1 amide bonds. The highest BCUT2D eigenvalue weighted by Gasteiger charge is 2.35. The number of hydrogen-bond donors (Lipinski definition) is 2. The maximum absolute atomic E-state index is 12.6. The van der Waals surface area contributed by atoms with Crippen molar-refractivity contribution in [3.63, 3.8) is 0 Å². The van der Waals surface area contributed by atoms with E-state index in [-0.39, 0.29) is 11.4 Å². The largest absolute Gasteiger partial charge is 0.345 e. The van der Waals surface area contributed by atoms with E-state index in [0.717, 1.165) is 45.6 Å². The molecule has 0 bridgehead atoms. The number of thiophene rings is 1. The van der Waals surface area contributed by atoms with Crippen molar-refractivity contribution < 1.29 is 4.79 Å². The van der Waals surface area contributed by atoms with Crippen molar-refractivity contribution >= 4 is 40.2 Å². The zero-order chi connectivity index (χ0) is 15.7. The molecule has 1 aliphatic rings. The summed E-state index contributed by atoms with van der Waals surface area (Å²) in [7, 11) is 0. The summed E-state index contributed by atoms with van der Waals surface area (Å²) >= 11 is 8.86. The number of nitrogens with zero attached hydrogens (tertiary/aromatic N) is 1. The first-order valence-corrected chi connectivity index (χ1v) is 9.30. The summed E-state index contributed by atoms with van der Waals surface area (Å²) in [4.78, 5) is 18.8. The minimum Gasteiger partial charge on any atom is -0.345 e. The highest BCUT2D eigenvalue weighted by molar-refractivity contribution is 7.24. The Labute approximate surface area is 142 Å². The minimum absolute atomic E-state index is 0.0590. The zero-order valence-electron chi connectivity index (χ0n) is 12.3. The van der Waals surface area contributed by atoms with E-state index in [1.54, 1.807) is 0 Å². The Morgan fingerprint density at radius 3 is 2.73 bits per heavy atom. The number of amides is 1. The second kappa shape index (κ2) is 6.28. The van der Waals surface area contributed by atoms with Gasteiger partial charge in [0.25, 0.3) is 5.91 Å². The lowest BCUT2D eigenvalue weighted by molar-refractivity contribution is 0.0906. The summed E-state index contributed by atoms with van der Waals surface area (Å²) in [6.45, 7) is 2.36. The molecule has 22 heavy (non-hydrogen) atoms. The van der Waals surface area contributed by atoms with Crippen LogP contribution in [0.3, 0.4) is 0 Å². The van der Waals surface area contributed by atoms with Crippen molar-refractivity contribution in [2.75, 3.05) is 6.54 Å². The molecular weight excluding hydrogens is 338 g/mol. The quantitative estimate of drug-likeness (QED) is 0.875. The van der Waals surface area contributed by atoms with Crippen LogP contribution < -0.4 is 11.1 Å². The Hall–Kier alpha value is -0.950. The van der Waals surface area contributed by atoms with E-state index in [0.29, 0.717) is 11.4 Å². The van der Waals surface area contributed by atoms with Crippen molar-refractivity contribution in [3.8, 4) is 9.88 Å². The van der Waals surface area contributed by atoms with Crippen LogP contribution in [0.4, 0.5) is 0 Å². The average molecular weight is 356 g/mol. The van der Waals surface area contributed by atoms with E-state index in [1.807, 2.05) is 19.1 Å². The van der Waals surface area contributed by atoms with Crippen LogP contribution in [0.15, 0.2) is 12.1 Å². The molecule has 4 nitrogen and oxygen atoms in total. The Bertz CT molecular complexity index is 689. The molecule has 7 heteroatoms. The maximum Gasteiger partial charge on any atom is 0.263 e. The third kappa shape index (κ3) is 3.06. The number of carbonyl (C=O) groups excluding carboxylic acids is 1. The van der Waals surface area contributed by atoms with Crippen molar-refractivity contribution in [2.45, 2.75) is 38.1 Å². The van der Waals surface area contributed by atoms with Crippen LogP contribution in [0.5, 0.6) is 0 Å². The molecular formula is C15H18ClN3OS2. The molecule has 1 fully saturated rings. The first-order valence-electron chi connectivity index (χ1n) is 7.29. The molecule has 1 saturated carbocycles. The van der Waals surface area contributed by atoms with Crippen LogP contribution >= 0.6 is 34.3 Å². The Balaban J connectivity index is 1.82. The predicted octanol–water partition coefficient (Wildman–Crippen LogP) is 3.83. The van der Waals surface area contributed by atoms with E-state index in [1.165, 1.54) is 22.7 Å². The van der Waals surface area contributed by atoms with E-state index in [4.69, 9.17) is 17.3 Å². The Morgan fingerprint density at radius 1 is 1.41 bits per heavy atom. The number of halogens is 1. The van der Waals surface area contributed by atoms with Crippen LogP contribution in [0, 0.1) is 6.92 Å². The lowest BCUT2D eigenvalue weighted by Gasteiger charge is -2.28. The number of thiazole rings is 1. The van der Waals surface area contributed by atoms with Gasteiger partial charge < -0.3 is 11.1 Å². The summed E-state index contributed by atoms with van der Waals surface area (Å²) < 4.78 is 0.724. The minimum atomic E-state index is -0.236. The number of carbonyl (C=O) groups is 1. The van der Waals surface area contributed by atoms with E-state index in [2.05, 4.69) is 10.3 Å². The fourth-order valence-electron chi connectivity index (χ4n) is 2.87. The highest BCUT2D eigenvalue weighted by Crippen LogP contribution is 2.35. The van der Waals surface area contributed by atoms with E-state index < -0.39 is 0 Å². The molecule has 0 radical (unpaired) electrons. The fourth-order valence-corrected chi connectivity index (χ4v) is 4.93. The van der Waals surface area contributed by atoms with Crippen LogP contribution in [0.25, 0.3) is 9.88 Å². The van der Waals surface area contributed by atoms with Crippen molar-refractivity contribution in [1.82, 2.24) is 10.3 Å². The van der Waals surface area contributed by atoms with Crippen LogP contribution in [-0.4, -0.2) is 23.0 Å². The Morgan fingerprint density at radius 2 is 2.14 bits per heavy atom. The molecule has 2 heterocycles. The Kier molecular flexibility index (Phi) is 4.54. The molecule has 2 aromatic rings. The number of aromatic nitrogens is 1. The standard InChI is InChI=1S/C15H18ClN3OS2/c1-9-12(13(20)19-15(8-17)6-2-3-7-15)22-14(18-9)10-4-5-11(16)21-10/h4-5H,2-3,6-8,17H2,1H3,(H,19,20). The van der Waals surface area contributed by atoms with E-state index in [9.17, 15) is 4.79 Å². The summed E-state index contributed by atoms with van der Waals surface area (Å²) in [5.74, 6) is -0.0590. The molecule has 0 aromatic carbocycles. The second-order valence-electron chi connectivity index (χ2n) is 5.68.